The third-order valence-corrected chi connectivity index (χ3v) is 7.41. The van der Waals surface area contributed by atoms with E-state index in [1.165, 1.54) is 42.6 Å². The number of phenols is 1. The van der Waals surface area contributed by atoms with E-state index >= 15 is 0 Å². The van der Waals surface area contributed by atoms with E-state index in [4.69, 9.17) is 11.6 Å². The monoisotopic (exact) mass is 569 g/mol. The fourth-order valence-corrected chi connectivity index (χ4v) is 5.11. The van der Waals surface area contributed by atoms with Crippen LogP contribution in [0.15, 0.2) is 71.8 Å². The molecule has 0 aliphatic heterocycles. The Labute approximate surface area is 228 Å². The number of carboxylic acid groups (broad SMARTS) is 1. The number of aromatic nitrogens is 1. The Morgan fingerprint density at radius 2 is 1.72 bits per heavy atom. The van der Waals surface area contributed by atoms with Crippen LogP contribution in [0.1, 0.15) is 31.8 Å². The molecule has 0 bridgehead atoms. The lowest BCUT2D eigenvalue weighted by Gasteiger charge is -2.17. The number of nitrogens with one attached hydrogen (secondary N) is 3. The first-order valence-electron chi connectivity index (χ1n) is 11.6. The number of carbonyl (C=O) groups is 3. The molecule has 39 heavy (non-hydrogen) atoms. The lowest BCUT2D eigenvalue weighted by molar-refractivity contribution is -0.139. The van der Waals surface area contributed by atoms with E-state index < -0.39 is 33.7 Å². The number of H-pyrrole nitrogens is 1. The van der Waals surface area contributed by atoms with Gasteiger partial charge in [-0.25, -0.2) is 13.2 Å². The second-order valence-electron chi connectivity index (χ2n) is 8.89. The SMILES string of the molecule is CS(=O)(=O)c1cccc(CC(NC(=O)c2c(Cl)cc(C(=O)NCc3cccc(O)c3)c3[nH]ccc23)C(=O)O)c1. The Morgan fingerprint density at radius 1 is 1.00 bits per heavy atom. The van der Waals surface area contributed by atoms with Crippen molar-refractivity contribution in [3.8, 4) is 5.75 Å². The number of hydrogen-bond donors (Lipinski definition) is 5. The van der Waals surface area contributed by atoms with Crippen LogP contribution in [0.5, 0.6) is 5.75 Å². The second-order valence-corrected chi connectivity index (χ2v) is 11.3. The van der Waals surface area contributed by atoms with Gasteiger partial charge >= 0.3 is 5.97 Å². The number of carbonyl (C=O) groups excluding carboxylic acids is 2. The van der Waals surface area contributed by atoms with Crippen molar-refractivity contribution in [1.82, 2.24) is 15.6 Å². The molecule has 10 nitrogen and oxygen atoms in total. The smallest absolute Gasteiger partial charge is 0.326 e. The van der Waals surface area contributed by atoms with Crippen LogP contribution < -0.4 is 10.6 Å². The number of aromatic hydroxyl groups is 1. The van der Waals surface area contributed by atoms with Crippen molar-refractivity contribution in [2.24, 2.45) is 0 Å². The molecule has 4 rings (SSSR count). The number of halogens is 1. The summed E-state index contributed by atoms with van der Waals surface area (Å²) < 4.78 is 23.7. The minimum absolute atomic E-state index is 0.0198. The number of carboxylic acids is 1. The van der Waals surface area contributed by atoms with E-state index in [0.29, 0.717) is 22.0 Å². The Hall–Kier alpha value is -4.35. The molecule has 1 heterocycles. The van der Waals surface area contributed by atoms with Gasteiger partial charge in [0.15, 0.2) is 9.84 Å². The van der Waals surface area contributed by atoms with Gasteiger partial charge < -0.3 is 25.8 Å². The highest BCUT2D eigenvalue weighted by atomic mass is 35.5. The number of aliphatic carboxylic acids is 1. The molecule has 1 unspecified atom stereocenters. The topological polar surface area (TPSA) is 166 Å². The van der Waals surface area contributed by atoms with Gasteiger partial charge in [0.2, 0.25) is 0 Å². The quantitative estimate of drug-likeness (QED) is 0.206. The zero-order chi connectivity index (χ0) is 28.3. The number of rotatable bonds is 9. The van der Waals surface area contributed by atoms with Gasteiger partial charge in [-0.1, -0.05) is 35.9 Å². The van der Waals surface area contributed by atoms with Gasteiger partial charge in [0.05, 0.1) is 26.6 Å². The molecule has 0 saturated carbocycles. The van der Waals surface area contributed by atoms with E-state index in [9.17, 15) is 33.0 Å². The van der Waals surface area contributed by atoms with E-state index in [-0.39, 0.29) is 39.8 Å². The Morgan fingerprint density at radius 3 is 2.41 bits per heavy atom. The highest BCUT2D eigenvalue weighted by Gasteiger charge is 2.26. The minimum atomic E-state index is -3.50. The van der Waals surface area contributed by atoms with Crippen LogP contribution in [-0.2, 0) is 27.6 Å². The normalized spacial score (nSPS) is 12.2. The second kappa shape index (κ2) is 11.2. The molecular formula is C27H24ClN3O7S. The van der Waals surface area contributed by atoms with Crippen molar-refractivity contribution in [2.75, 3.05) is 6.26 Å². The number of amides is 2. The van der Waals surface area contributed by atoms with E-state index in [2.05, 4.69) is 15.6 Å². The molecule has 5 N–H and O–H groups in total. The number of benzene rings is 3. The van der Waals surface area contributed by atoms with Gasteiger partial charge in [-0.15, -0.1) is 0 Å². The molecule has 1 atom stereocenters. The van der Waals surface area contributed by atoms with Crippen molar-refractivity contribution < 1.29 is 33.0 Å². The average molecular weight is 570 g/mol. The van der Waals surface area contributed by atoms with Crippen LogP contribution in [0.2, 0.25) is 5.02 Å². The summed E-state index contributed by atoms with van der Waals surface area (Å²) in [6, 6.07) is 13.7. The highest BCUT2D eigenvalue weighted by molar-refractivity contribution is 7.90. The summed E-state index contributed by atoms with van der Waals surface area (Å²) in [6.07, 6.45) is 2.39. The molecule has 0 aliphatic rings. The zero-order valence-electron chi connectivity index (χ0n) is 20.6. The van der Waals surface area contributed by atoms with Gasteiger partial charge in [-0.2, -0.15) is 0 Å². The summed E-state index contributed by atoms with van der Waals surface area (Å²) in [4.78, 5) is 41.1. The molecule has 12 heteroatoms. The zero-order valence-corrected chi connectivity index (χ0v) is 22.1. The van der Waals surface area contributed by atoms with Crippen molar-refractivity contribution in [3.63, 3.8) is 0 Å². The van der Waals surface area contributed by atoms with Crippen LogP contribution in [0.4, 0.5) is 0 Å². The average Bonchev–Trinajstić information content (AvgIpc) is 3.35. The number of sulfone groups is 1. The fourth-order valence-electron chi connectivity index (χ4n) is 4.12. The van der Waals surface area contributed by atoms with Crippen LogP contribution in [0.25, 0.3) is 10.9 Å². The summed E-state index contributed by atoms with van der Waals surface area (Å²) in [5.41, 5.74) is 1.56. The summed E-state index contributed by atoms with van der Waals surface area (Å²) in [5.74, 6) is -2.51. The molecule has 0 fully saturated rings. The first-order chi connectivity index (χ1) is 18.4. The van der Waals surface area contributed by atoms with Crippen LogP contribution in [0.3, 0.4) is 0 Å². The number of aromatic amines is 1. The molecular weight excluding hydrogens is 546 g/mol. The van der Waals surface area contributed by atoms with Crippen molar-refractivity contribution >= 4 is 50.1 Å². The lowest BCUT2D eigenvalue weighted by atomic mass is 10.0. The van der Waals surface area contributed by atoms with Gasteiger partial charge in [0.25, 0.3) is 11.8 Å². The Bertz CT molecular complexity index is 1700. The summed E-state index contributed by atoms with van der Waals surface area (Å²) in [7, 11) is -3.50. The summed E-state index contributed by atoms with van der Waals surface area (Å²) in [6.45, 7) is 0.135. The molecule has 3 aromatic carbocycles. The summed E-state index contributed by atoms with van der Waals surface area (Å²) >= 11 is 6.43. The molecule has 4 aromatic rings. The molecule has 2 amide bonds. The van der Waals surface area contributed by atoms with Crippen LogP contribution in [0, 0.1) is 0 Å². The van der Waals surface area contributed by atoms with E-state index in [1.54, 1.807) is 24.3 Å². The number of hydrogen-bond acceptors (Lipinski definition) is 6. The predicted molar refractivity (Wildman–Crippen MR) is 145 cm³/mol. The van der Waals surface area contributed by atoms with Crippen LogP contribution >= 0.6 is 11.6 Å². The lowest BCUT2D eigenvalue weighted by Crippen LogP contribution is -2.42. The van der Waals surface area contributed by atoms with Crippen LogP contribution in [-0.4, -0.2) is 53.7 Å². The minimum Gasteiger partial charge on any atom is -0.508 e. The van der Waals surface area contributed by atoms with Crippen molar-refractivity contribution in [3.05, 3.63) is 94.1 Å². The van der Waals surface area contributed by atoms with E-state index in [0.717, 1.165) is 6.26 Å². The first-order valence-corrected chi connectivity index (χ1v) is 13.9. The maximum Gasteiger partial charge on any atom is 0.326 e. The predicted octanol–water partition coefficient (Wildman–Crippen LogP) is 3.29. The maximum absolute atomic E-state index is 13.2. The van der Waals surface area contributed by atoms with Crippen molar-refractivity contribution in [1.29, 1.82) is 0 Å². The molecule has 0 spiro atoms. The fraction of sp³-hybridized carbons (Fsp3) is 0.148. The third-order valence-electron chi connectivity index (χ3n) is 6.00. The third kappa shape index (κ3) is 6.39. The van der Waals surface area contributed by atoms with Gasteiger partial charge in [0, 0.05) is 30.8 Å². The van der Waals surface area contributed by atoms with Gasteiger partial charge in [-0.05, 0) is 47.5 Å². The van der Waals surface area contributed by atoms with E-state index in [1.807, 2.05) is 0 Å². The molecule has 0 radical (unpaired) electrons. The number of phenolic OH excluding ortho intramolecular Hbond substituents is 1. The maximum atomic E-state index is 13.2. The highest BCUT2D eigenvalue weighted by Crippen LogP contribution is 2.29. The summed E-state index contributed by atoms with van der Waals surface area (Å²) in [5, 5.41) is 24.8. The molecule has 202 valence electrons. The Balaban J connectivity index is 1.57. The van der Waals surface area contributed by atoms with Gasteiger partial charge in [0.1, 0.15) is 11.8 Å². The van der Waals surface area contributed by atoms with Crippen molar-refractivity contribution in [2.45, 2.75) is 23.9 Å². The van der Waals surface area contributed by atoms with Gasteiger partial charge in [-0.3, -0.25) is 9.59 Å². The molecule has 0 saturated heterocycles. The number of fused-ring (bicyclic) bond motifs is 1. The standard InChI is InChI=1S/C27H24ClN3O7S/c1-39(37,38)18-7-3-4-15(11-18)12-22(27(35)36)31-26(34)23-19-8-9-29-24(19)20(13-21(23)28)25(33)30-14-16-5-2-6-17(32)10-16/h2-11,13,22,29,32H,12,14H2,1H3,(H,30,33)(H,31,34)(H,35,36). The first kappa shape index (κ1) is 27.7. The largest absolute Gasteiger partial charge is 0.508 e. The Kier molecular flexibility index (Phi) is 7.93. The molecule has 0 aliphatic carbocycles. The molecule has 1 aromatic heterocycles.